The van der Waals surface area contributed by atoms with Crippen LogP contribution in [0.25, 0.3) is 11.0 Å². The molecule has 0 unspecified atom stereocenters. The van der Waals surface area contributed by atoms with Gasteiger partial charge in [0.15, 0.2) is 5.69 Å². The number of rotatable bonds is 7. The van der Waals surface area contributed by atoms with E-state index in [1.807, 2.05) is 22.9 Å². The molecule has 1 aromatic carbocycles. The third kappa shape index (κ3) is 3.90. The molecule has 5 rings (SSSR count). The van der Waals surface area contributed by atoms with E-state index in [1.54, 1.807) is 17.6 Å². The molecule has 3 aromatic heterocycles. The molecule has 1 aliphatic carbocycles. The minimum atomic E-state index is -0.298. The standard InChI is InChI=1S/C19H16BrN7O2S/c20-16-15(6-5-14-17(16)24-25-27(14)9-11-3-4-11)29-19-12(2-1-7-21-19)8-22-18(28)13-10-30-26-23-13/h1-2,5-7,10-11H,3-4,8-9H2,(H,22,28). The lowest BCUT2D eigenvalue weighted by Crippen LogP contribution is -2.23. The largest absolute Gasteiger partial charge is 0.437 e. The predicted octanol–water partition coefficient (Wildman–Crippen LogP) is 3.57. The summed E-state index contributed by atoms with van der Waals surface area (Å²) in [6.45, 7) is 1.14. The first kappa shape index (κ1) is 19.1. The molecule has 9 nitrogen and oxygen atoms in total. The molecule has 1 aliphatic rings. The smallest absolute Gasteiger partial charge is 0.273 e. The van der Waals surface area contributed by atoms with Crippen molar-refractivity contribution >= 4 is 44.4 Å². The van der Waals surface area contributed by atoms with Gasteiger partial charge < -0.3 is 10.1 Å². The number of aromatic nitrogens is 6. The van der Waals surface area contributed by atoms with Crippen LogP contribution >= 0.6 is 27.5 Å². The topological polar surface area (TPSA) is 108 Å². The number of fused-ring (bicyclic) bond motifs is 1. The van der Waals surface area contributed by atoms with Gasteiger partial charge in [-0.1, -0.05) is 15.8 Å². The molecule has 3 heterocycles. The highest BCUT2D eigenvalue weighted by molar-refractivity contribution is 9.10. The molecule has 0 aliphatic heterocycles. The van der Waals surface area contributed by atoms with Gasteiger partial charge in [-0.25, -0.2) is 9.67 Å². The van der Waals surface area contributed by atoms with Crippen molar-refractivity contribution in [2.45, 2.75) is 25.9 Å². The Morgan fingerprint density at radius 2 is 2.20 bits per heavy atom. The number of ether oxygens (including phenoxy) is 1. The normalized spacial score (nSPS) is 13.5. The van der Waals surface area contributed by atoms with E-state index >= 15 is 0 Å². The van der Waals surface area contributed by atoms with E-state index in [0.717, 1.165) is 39.1 Å². The van der Waals surface area contributed by atoms with Gasteiger partial charge in [0.1, 0.15) is 11.3 Å². The average Bonchev–Trinajstić information content (AvgIpc) is 3.24. The van der Waals surface area contributed by atoms with Crippen molar-refractivity contribution in [2.75, 3.05) is 0 Å². The van der Waals surface area contributed by atoms with E-state index in [0.29, 0.717) is 17.5 Å². The van der Waals surface area contributed by atoms with Crippen molar-refractivity contribution in [1.82, 2.24) is 34.9 Å². The lowest BCUT2D eigenvalue weighted by atomic mass is 10.2. The highest BCUT2D eigenvalue weighted by Crippen LogP contribution is 2.36. The molecule has 0 bridgehead atoms. The highest BCUT2D eigenvalue weighted by atomic mass is 79.9. The second-order valence-corrected chi connectivity index (χ2v) is 8.41. The second kappa shape index (κ2) is 8.07. The van der Waals surface area contributed by atoms with Gasteiger partial charge in [0.25, 0.3) is 5.91 Å². The molecular weight excluding hydrogens is 470 g/mol. The minimum absolute atomic E-state index is 0.247. The Morgan fingerprint density at radius 1 is 1.30 bits per heavy atom. The van der Waals surface area contributed by atoms with Crippen molar-refractivity contribution in [3.05, 3.63) is 51.6 Å². The molecule has 1 fully saturated rings. The van der Waals surface area contributed by atoms with Gasteiger partial charge in [-0.15, -0.1) is 10.2 Å². The number of hydrogen-bond donors (Lipinski definition) is 1. The number of amides is 1. The summed E-state index contributed by atoms with van der Waals surface area (Å²) in [5.74, 6) is 1.39. The summed E-state index contributed by atoms with van der Waals surface area (Å²) in [7, 11) is 0. The lowest BCUT2D eigenvalue weighted by molar-refractivity contribution is 0.0945. The van der Waals surface area contributed by atoms with Gasteiger partial charge in [-0.05, 0) is 64.4 Å². The van der Waals surface area contributed by atoms with Crippen molar-refractivity contribution in [1.29, 1.82) is 0 Å². The number of benzene rings is 1. The summed E-state index contributed by atoms with van der Waals surface area (Å²) in [4.78, 5) is 16.5. The van der Waals surface area contributed by atoms with Crippen LogP contribution in [0.1, 0.15) is 28.9 Å². The quantitative estimate of drug-likeness (QED) is 0.426. The van der Waals surface area contributed by atoms with Crippen molar-refractivity contribution in [2.24, 2.45) is 5.92 Å². The van der Waals surface area contributed by atoms with E-state index in [-0.39, 0.29) is 18.1 Å². The Balaban J connectivity index is 1.36. The van der Waals surface area contributed by atoms with Crippen LogP contribution in [0.15, 0.2) is 40.3 Å². The zero-order valence-electron chi connectivity index (χ0n) is 15.7. The Morgan fingerprint density at radius 3 is 3.00 bits per heavy atom. The van der Waals surface area contributed by atoms with E-state index in [2.05, 4.69) is 46.1 Å². The van der Waals surface area contributed by atoms with Crippen LogP contribution in [-0.2, 0) is 13.1 Å². The Bertz CT molecular complexity index is 1210. The van der Waals surface area contributed by atoms with Crippen molar-refractivity contribution in [3.8, 4) is 11.6 Å². The molecular formula is C19H16BrN7O2S. The summed E-state index contributed by atoms with van der Waals surface area (Å²) in [6, 6.07) is 7.47. The fourth-order valence-electron chi connectivity index (χ4n) is 3.03. The third-order valence-corrected chi connectivity index (χ3v) is 6.08. The maximum Gasteiger partial charge on any atom is 0.273 e. The van der Waals surface area contributed by atoms with Gasteiger partial charge >= 0.3 is 0 Å². The van der Waals surface area contributed by atoms with E-state index < -0.39 is 0 Å². The maximum atomic E-state index is 12.1. The molecule has 11 heteroatoms. The molecule has 1 amide bonds. The van der Waals surface area contributed by atoms with Crippen LogP contribution in [0.4, 0.5) is 0 Å². The Hall–Kier alpha value is -2.92. The number of carbonyl (C=O) groups excluding carboxylic acids is 1. The lowest BCUT2D eigenvalue weighted by Gasteiger charge is -2.12. The number of hydrogen-bond acceptors (Lipinski definition) is 8. The summed E-state index contributed by atoms with van der Waals surface area (Å²) < 4.78 is 12.4. The average molecular weight is 486 g/mol. The van der Waals surface area contributed by atoms with Gasteiger partial charge in [0, 0.05) is 30.2 Å². The number of halogens is 1. The zero-order valence-corrected chi connectivity index (χ0v) is 18.1. The SMILES string of the molecule is O=C(NCc1cccnc1Oc1ccc2c(nnn2CC2CC2)c1Br)c1csnn1. The van der Waals surface area contributed by atoms with Gasteiger partial charge in [0.05, 0.1) is 9.99 Å². The first-order valence-corrected chi connectivity index (χ1v) is 11.0. The number of carbonyl (C=O) groups is 1. The van der Waals surface area contributed by atoms with Crippen molar-refractivity contribution < 1.29 is 9.53 Å². The fraction of sp³-hybridized carbons (Fsp3) is 0.263. The van der Waals surface area contributed by atoms with E-state index in [9.17, 15) is 4.79 Å². The Labute approximate surface area is 183 Å². The first-order valence-electron chi connectivity index (χ1n) is 9.38. The summed E-state index contributed by atoms with van der Waals surface area (Å²) in [5.41, 5.74) is 2.73. The van der Waals surface area contributed by atoms with Crippen LogP contribution in [0.3, 0.4) is 0 Å². The van der Waals surface area contributed by atoms with Crippen LogP contribution in [-0.4, -0.2) is 35.5 Å². The monoisotopic (exact) mass is 485 g/mol. The predicted molar refractivity (Wildman–Crippen MR) is 113 cm³/mol. The number of pyridine rings is 1. The Kier molecular flexibility index (Phi) is 5.13. The zero-order chi connectivity index (χ0) is 20.5. The molecule has 4 aromatic rings. The van der Waals surface area contributed by atoms with Crippen LogP contribution < -0.4 is 10.1 Å². The molecule has 0 saturated heterocycles. The molecule has 1 saturated carbocycles. The second-order valence-electron chi connectivity index (χ2n) is 7.00. The summed E-state index contributed by atoms with van der Waals surface area (Å²) in [5, 5.41) is 16.8. The van der Waals surface area contributed by atoms with Crippen molar-refractivity contribution in [3.63, 3.8) is 0 Å². The van der Waals surface area contributed by atoms with Crippen LogP contribution in [0.2, 0.25) is 0 Å². The minimum Gasteiger partial charge on any atom is -0.437 e. The van der Waals surface area contributed by atoms with Gasteiger partial charge in [-0.3, -0.25) is 4.79 Å². The molecule has 1 N–H and O–H groups in total. The van der Waals surface area contributed by atoms with Gasteiger partial charge in [0.2, 0.25) is 5.88 Å². The first-order chi connectivity index (χ1) is 14.7. The molecule has 0 radical (unpaired) electrons. The highest BCUT2D eigenvalue weighted by Gasteiger charge is 2.24. The number of nitrogens with one attached hydrogen (secondary N) is 1. The van der Waals surface area contributed by atoms with Crippen LogP contribution in [0.5, 0.6) is 11.6 Å². The molecule has 0 spiro atoms. The molecule has 0 atom stereocenters. The third-order valence-electron chi connectivity index (χ3n) is 4.81. The summed E-state index contributed by atoms with van der Waals surface area (Å²) >= 11 is 4.72. The molecule has 30 heavy (non-hydrogen) atoms. The maximum absolute atomic E-state index is 12.1. The number of nitrogens with zero attached hydrogens (tertiary/aromatic N) is 6. The molecule has 152 valence electrons. The van der Waals surface area contributed by atoms with E-state index in [4.69, 9.17) is 4.74 Å². The van der Waals surface area contributed by atoms with Gasteiger partial charge in [-0.2, -0.15) is 0 Å². The fourth-order valence-corrected chi connectivity index (χ4v) is 3.96. The summed E-state index contributed by atoms with van der Waals surface area (Å²) in [6.07, 6.45) is 4.15. The van der Waals surface area contributed by atoms with E-state index in [1.165, 1.54) is 12.8 Å². The van der Waals surface area contributed by atoms with Crippen LogP contribution in [0, 0.1) is 5.92 Å².